The van der Waals surface area contributed by atoms with E-state index in [9.17, 15) is 22.8 Å². The molecule has 0 aliphatic carbocycles. The lowest BCUT2D eigenvalue weighted by molar-refractivity contribution is -0.184. The van der Waals surface area contributed by atoms with Crippen LogP contribution in [-0.2, 0) is 4.79 Å². The van der Waals surface area contributed by atoms with E-state index in [1.54, 1.807) is 0 Å². The first-order valence-corrected chi connectivity index (χ1v) is 5.59. The summed E-state index contributed by atoms with van der Waals surface area (Å²) in [5.41, 5.74) is 1.95. The molecule has 0 aliphatic rings. The summed E-state index contributed by atoms with van der Waals surface area (Å²) in [5, 5.41) is 4.35. The first-order valence-electron chi connectivity index (χ1n) is 5.59. The van der Waals surface area contributed by atoms with E-state index < -0.39 is 23.5 Å². The van der Waals surface area contributed by atoms with Gasteiger partial charge in [-0.25, -0.2) is 0 Å². The van der Waals surface area contributed by atoms with Crippen LogP contribution < -0.4 is 16.4 Å². The minimum absolute atomic E-state index is 0.0429. The summed E-state index contributed by atoms with van der Waals surface area (Å²) in [4.78, 5) is 23.2. The summed E-state index contributed by atoms with van der Waals surface area (Å²) in [6.45, 7) is 0.560. The van der Waals surface area contributed by atoms with Crippen LogP contribution in [0.3, 0.4) is 0 Å². The molecule has 0 spiro atoms. The highest BCUT2D eigenvalue weighted by Crippen LogP contribution is 2.29. The van der Waals surface area contributed by atoms with Gasteiger partial charge in [-0.1, -0.05) is 12.1 Å². The number of nitrogens with two attached hydrogens (primary N) is 1. The average molecular weight is 289 g/mol. The van der Waals surface area contributed by atoms with Gasteiger partial charge in [0.2, 0.25) is 0 Å². The molecule has 1 unspecified atom stereocenters. The highest BCUT2D eigenvalue weighted by molar-refractivity contribution is 6.05. The molecule has 0 aromatic heterocycles. The Hall–Kier alpha value is -2.09. The van der Waals surface area contributed by atoms with Crippen molar-refractivity contribution in [2.75, 3.05) is 12.4 Å². The fourth-order valence-electron chi connectivity index (χ4n) is 1.31. The molecule has 8 heteroatoms. The van der Waals surface area contributed by atoms with E-state index in [-0.39, 0.29) is 11.3 Å². The SMILES string of the molecule is CNC(=O)c1ccccc1NC(=O)C(C)(N)C(F)(F)F. The third kappa shape index (κ3) is 3.08. The molecule has 1 atom stereocenters. The van der Waals surface area contributed by atoms with Gasteiger partial charge in [-0.15, -0.1) is 0 Å². The van der Waals surface area contributed by atoms with Gasteiger partial charge in [-0.3, -0.25) is 9.59 Å². The Morgan fingerprint density at radius 1 is 1.20 bits per heavy atom. The number of hydrogen-bond donors (Lipinski definition) is 3. The van der Waals surface area contributed by atoms with Gasteiger partial charge in [0.25, 0.3) is 11.8 Å². The molecule has 0 aliphatic heterocycles. The molecule has 0 bridgehead atoms. The molecule has 20 heavy (non-hydrogen) atoms. The summed E-state index contributed by atoms with van der Waals surface area (Å²) in [7, 11) is 1.36. The van der Waals surface area contributed by atoms with Crippen LogP contribution in [0.4, 0.5) is 18.9 Å². The van der Waals surface area contributed by atoms with Gasteiger partial charge in [0.15, 0.2) is 5.54 Å². The zero-order valence-corrected chi connectivity index (χ0v) is 10.8. The van der Waals surface area contributed by atoms with Crippen LogP contribution in [-0.4, -0.2) is 30.6 Å². The largest absolute Gasteiger partial charge is 0.415 e. The first-order chi connectivity index (χ1) is 9.11. The second kappa shape index (κ2) is 5.49. The lowest BCUT2D eigenvalue weighted by Crippen LogP contribution is -2.59. The summed E-state index contributed by atoms with van der Waals surface area (Å²) in [5.74, 6) is -1.98. The molecule has 0 fully saturated rings. The Morgan fingerprint density at radius 3 is 2.25 bits per heavy atom. The van der Waals surface area contributed by atoms with E-state index in [2.05, 4.69) is 5.32 Å². The van der Waals surface area contributed by atoms with E-state index in [1.807, 2.05) is 5.32 Å². The van der Waals surface area contributed by atoms with Crippen molar-refractivity contribution in [3.05, 3.63) is 29.8 Å². The van der Waals surface area contributed by atoms with Gasteiger partial charge < -0.3 is 16.4 Å². The van der Waals surface area contributed by atoms with Crippen molar-refractivity contribution in [3.63, 3.8) is 0 Å². The molecule has 2 amide bonds. The standard InChI is InChI=1S/C12H14F3N3O2/c1-11(16,12(13,14)15)10(20)18-8-6-4-3-5-7(8)9(19)17-2/h3-6H,16H2,1-2H3,(H,17,19)(H,18,20). The van der Waals surface area contributed by atoms with Gasteiger partial charge in [0.1, 0.15) is 0 Å². The van der Waals surface area contributed by atoms with Crippen molar-refractivity contribution < 1.29 is 22.8 Å². The Morgan fingerprint density at radius 2 is 1.75 bits per heavy atom. The Labute approximate surface area is 113 Å². The van der Waals surface area contributed by atoms with Crippen molar-refractivity contribution >= 4 is 17.5 Å². The van der Waals surface area contributed by atoms with E-state index >= 15 is 0 Å². The van der Waals surface area contributed by atoms with E-state index in [4.69, 9.17) is 5.73 Å². The molecule has 0 saturated carbocycles. The number of anilines is 1. The van der Waals surface area contributed by atoms with Crippen LogP contribution in [0.2, 0.25) is 0 Å². The minimum atomic E-state index is -4.90. The Bertz CT molecular complexity index is 527. The third-order valence-electron chi connectivity index (χ3n) is 2.71. The summed E-state index contributed by atoms with van der Waals surface area (Å²) >= 11 is 0. The van der Waals surface area contributed by atoms with Crippen molar-refractivity contribution in [2.45, 2.75) is 18.6 Å². The molecular weight excluding hydrogens is 275 g/mol. The number of nitrogens with one attached hydrogen (secondary N) is 2. The Balaban J connectivity index is 3.06. The van der Waals surface area contributed by atoms with E-state index in [0.29, 0.717) is 6.92 Å². The maximum Gasteiger partial charge on any atom is 0.415 e. The number of carbonyl (C=O) groups excluding carboxylic acids is 2. The van der Waals surface area contributed by atoms with Gasteiger partial charge in [-0.05, 0) is 19.1 Å². The molecule has 110 valence electrons. The van der Waals surface area contributed by atoms with E-state index in [1.165, 1.54) is 31.3 Å². The topological polar surface area (TPSA) is 84.2 Å². The van der Waals surface area contributed by atoms with Gasteiger partial charge in [0, 0.05) is 7.05 Å². The zero-order chi connectivity index (χ0) is 15.6. The van der Waals surface area contributed by atoms with Crippen LogP contribution in [0.25, 0.3) is 0 Å². The maximum atomic E-state index is 12.6. The second-order valence-corrected chi connectivity index (χ2v) is 4.28. The molecule has 0 heterocycles. The van der Waals surface area contributed by atoms with E-state index in [0.717, 1.165) is 0 Å². The van der Waals surface area contributed by atoms with Crippen LogP contribution in [0.5, 0.6) is 0 Å². The number of carbonyl (C=O) groups is 2. The first kappa shape index (κ1) is 16.0. The van der Waals surface area contributed by atoms with Crippen molar-refractivity contribution in [1.82, 2.24) is 5.32 Å². The quantitative estimate of drug-likeness (QED) is 0.783. The highest BCUT2D eigenvalue weighted by Gasteiger charge is 2.54. The normalized spacial score (nSPS) is 14.3. The smallest absolute Gasteiger partial charge is 0.355 e. The number of alkyl halides is 3. The predicted octanol–water partition coefficient (Wildman–Crippen LogP) is 1.26. The summed E-state index contributed by atoms with van der Waals surface area (Å²) in [6, 6.07) is 5.68. The highest BCUT2D eigenvalue weighted by atomic mass is 19.4. The molecular formula is C12H14F3N3O2. The van der Waals surface area contributed by atoms with Crippen LogP contribution >= 0.6 is 0 Å². The molecule has 4 N–H and O–H groups in total. The van der Waals surface area contributed by atoms with Crippen LogP contribution in [0.15, 0.2) is 24.3 Å². The number of halogens is 3. The lowest BCUT2D eigenvalue weighted by atomic mass is 10.0. The van der Waals surface area contributed by atoms with Crippen LogP contribution in [0, 0.1) is 0 Å². The minimum Gasteiger partial charge on any atom is -0.355 e. The molecule has 1 aromatic carbocycles. The van der Waals surface area contributed by atoms with Crippen LogP contribution in [0.1, 0.15) is 17.3 Å². The molecule has 1 aromatic rings. The van der Waals surface area contributed by atoms with Crippen molar-refractivity contribution in [3.8, 4) is 0 Å². The number of amides is 2. The third-order valence-corrected chi connectivity index (χ3v) is 2.71. The summed E-state index contributed by atoms with van der Waals surface area (Å²) in [6.07, 6.45) is -4.90. The predicted molar refractivity (Wildman–Crippen MR) is 67.1 cm³/mol. The summed E-state index contributed by atoms with van der Waals surface area (Å²) < 4.78 is 37.9. The van der Waals surface area contributed by atoms with Crippen molar-refractivity contribution in [2.24, 2.45) is 5.73 Å². The van der Waals surface area contributed by atoms with Gasteiger partial charge in [0.05, 0.1) is 11.3 Å². The van der Waals surface area contributed by atoms with Crippen molar-refractivity contribution in [1.29, 1.82) is 0 Å². The molecule has 1 rings (SSSR count). The zero-order valence-electron chi connectivity index (χ0n) is 10.8. The lowest BCUT2D eigenvalue weighted by Gasteiger charge is -2.26. The number of para-hydroxylation sites is 1. The maximum absolute atomic E-state index is 12.6. The average Bonchev–Trinajstić information content (AvgIpc) is 2.37. The second-order valence-electron chi connectivity index (χ2n) is 4.28. The van der Waals surface area contributed by atoms with Gasteiger partial charge in [-0.2, -0.15) is 13.2 Å². The number of hydrogen-bond acceptors (Lipinski definition) is 3. The molecule has 0 radical (unpaired) electrons. The molecule has 0 saturated heterocycles. The number of benzene rings is 1. The number of rotatable bonds is 3. The molecule has 5 nitrogen and oxygen atoms in total. The fraction of sp³-hybridized carbons (Fsp3) is 0.333. The Kier molecular flexibility index (Phi) is 4.39. The van der Waals surface area contributed by atoms with Gasteiger partial charge >= 0.3 is 6.18 Å². The fourth-order valence-corrected chi connectivity index (χ4v) is 1.31. The monoisotopic (exact) mass is 289 g/mol.